The average molecular weight is 418 g/mol. The number of benzene rings is 3. The van der Waals surface area contributed by atoms with Crippen molar-refractivity contribution in [3.05, 3.63) is 94.5 Å². The van der Waals surface area contributed by atoms with Gasteiger partial charge in [-0.15, -0.1) is 0 Å². The predicted molar refractivity (Wildman–Crippen MR) is 118 cm³/mol. The summed E-state index contributed by atoms with van der Waals surface area (Å²) in [4.78, 5) is 12.2. The first-order chi connectivity index (χ1) is 14.6. The van der Waals surface area contributed by atoms with Gasteiger partial charge in [0.1, 0.15) is 11.5 Å². The summed E-state index contributed by atoms with van der Waals surface area (Å²) < 4.78 is 10.9. The van der Waals surface area contributed by atoms with Gasteiger partial charge in [0, 0.05) is 5.02 Å². The van der Waals surface area contributed by atoms with Crippen molar-refractivity contribution in [2.24, 2.45) is 0 Å². The van der Waals surface area contributed by atoms with Crippen LogP contribution in [0.1, 0.15) is 23.6 Å². The summed E-state index contributed by atoms with van der Waals surface area (Å²) in [6, 6.07) is 23.8. The number of carbonyl (C=O) groups is 1. The molecule has 0 atom stereocenters. The molecule has 0 N–H and O–H groups in total. The molecule has 0 spiro atoms. The Balaban J connectivity index is 1.66. The standard InChI is InChI=1S/C25H20ClNO3/c1-2-18-5-3-7-23(14-18)29-17-25(28)30-24-8-4-6-19(15-24)13-21(16-27)20-9-11-22(26)12-10-20/h3-15H,2,17H2,1H3/b21-13-. The van der Waals surface area contributed by atoms with E-state index in [0.717, 1.165) is 23.1 Å². The molecule has 3 aromatic carbocycles. The van der Waals surface area contributed by atoms with Gasteiger partial charge in [-0.25, -0.2) is 4.79 Å². The van der Waals surface area contributed by atoms with Crippen molar-refractivity contribution in [3.8, 4) is 17.6 Å². The first-order valence-corrected chi connectivity index (χ1v) is 9.85. The Morgan fingerprint density at radius 1 is 1.03 bits per heavy atom. The van der Waals surface area contributed by atoms with E-state index in [1.165, 1.54) is 0 Å². The maximum absolute atomic E-state index is 12.2. The van der Waals surface area contributed by atoms with Crippen LogP contribution < -0.4 is 9.47 Å². The Hall–Kier alpha value is -3.55. The zero-order valence-electron chi connectivity index (χ0n) is 16.5. The Morgan fingerprint density at radius 3 is 2.50 bits per heavy atom. The summed E-state index contributed by atoms with van der Waals surface area (Å²) in [6.45, 7) is 1.86. The number of carbonyl (C=O) groups excluding carboxylic acids is 1. The number of aryl methyl sites for hydroxylation is 1. The van der Waals surface area contributed by atoms with E-state index in [1.807, 2.05) is 24.3 Å². The highest BCUT2D eigenvalue weighted by Crippen LogP contribution is 2.22. The lowest BCUT2D eigenvalue weighted by molar-refractivity contribution is -0.136. The van der Waals surface area contributed by atoms with Crippen LogP contribution in [0.5, 0.6) is 11.5 Å². The molecule has 3 aromatic rings. The highest BCUT2D eigenvalue weighted by Gasteiger charge is 2.08. The molecular formula is C25H20ClNO3. The smallest absolute Gasteiger partial charge is 0.349 e. The number of hydrogen-bond donors (Lipinski definition) is 0. The molecule has 0 saturated heterocycles. The minimum Gasteiger partial charge on any atom is -0.482 e. The van der Waals surface area contributed by atoms with Gasteiger partial charge >= 0.3 is 5.97 Å². The van der Waals surface area contributed by atoms with Crippen LogP contribution in [-0.4, -0.2) is 12.6 Å². The zero-order chi connectivity index (χ0) is 21.3. The van der Waals surface area contributed by atoms with Crippen LogP contribution in [0, 0.1) is 11.3 Å². The maximum atomic E-state index is 12.2. The Morgan fingerprint density at radius 2 is 1.77 bits per heavy atom. The molecule has 30 heavy (non-hydrogen) atoms. The van der Waals surface area contributed by atoms with E-state index >= 15 is 0 Å². The summed E-state index contributed by atoms with van der Waals surface area (Å²) in [7, 11) is 0. The number of ether oxygens (including phenoxy) is 2. The minimum absolute atomic E-state index is 0.193. The third kappa shape index (κ3) is 5.97. The molecule has 0 aliphatic rings. The summed E-state index contributed by atoms with van der Waals surface area (Å²) in [5, 5.41) is 10.1. The van der Waals surface area contributed by atoms with E-state index < -0.39 is 5.97 Å². The Labute approximate surface area is 180 Å². The fourth-order valence-electron chi connectivity index (χ4n) is 2.80. The van der Waals surface area contributed by atoms with Crippen molar-refractivity contribution < 1.29 is 14.3 Å². The first kappa shape index (κ1) is 21.2. The van der Waals surface area contributed by atoms with Gasteiger partial charge in [-0.3, -0.25) is 0 Å². The third-order valence-electron chi connectivity index (χ3n) is 4.34. The molecule has 0 unspecified atom stereocenters. The number of halogens is 1. The molecule has 150 valence electrons. The molecule has 0 amide bonds. The topological polar surface area (TPSA) is 59.3 Å². The molecular weight excluding hydrogens is 398 g/mol. The van der Waals surface area contributed by atoms with Gasteiger partial charge < -0.3 is 9.47 Å². The van der Waals surface area contributed by atoms with Crippen molar-refractivity contribution in [2.45, 2.75) is 13.3 Å². The zero-order valence-corrected chi connectivity index (χ0v) is 17.2. The molecule has 0 aliphatic heterocycles. The largest absolute Gasteiger partial charge is 0.482 e. The van der Waals surface area contributed by atoms with Crippen molar-refractivity contribution in [3.63, 3.8) is 0 Å². The quantitative estimate of drug-likeness (QED) is 0.206. The molecule has 5 heteroatoms. The van der Waals surface area contributed by atoms with Crippen LogP contribution in [0.4, 0.5) is 0 Å². The Bertz CT molecular complexity index is 1100. The second-order valence-electron chi connectivity index (χ2n) is 6.51. The fourth-order valence-corrected chi connectivity index (χ4v) is 2.93. The number of esters is 1. The highest BCUT2D eigenvalue weighted by molar-refractivity contribution is 6.30. The third-order valence-corrected chi connectivity index (χ3v) is 4.59. The van der Waals surface area contributed by atoms with Gasteiger partial charge in [0.05, 0.1) is 11.6 Å². The molecule has 0 aliphatic carbocycles. The predicted octanol–water partition coefficient (Wildman–Crippen LogP) is 5.95. The van der Waals surface area contributed by atoms with Gasteiger partial charge in [-0.1, -0.05) is 54.9 Å². The Kier molecular flexibility index (Phi) is 7.26. The normalized spacial score (nSPS) is 10.9. The molecule has 0 radical (unpaired) electrons. The lowest BCUT2D eigenvalue weighted by Gasteiger charge is -2.08. The number of hydrogen-bond acceptors (Lipinski definition) is 4. The lowest BCUT2D eigenvalue weighted by Crippen LogP contribution is -2.17. The summed E-state index contributed by atoms with van der Waals surface area (Å²) in [5.74, 6) is 0.508. The van der Waals surface area contributed by atoms with Crippen molar-refractivity contribution in [1.29, 1.82) is 5.26 Å². The molecule has 3 rings (SSSR count). The highest BCUT2D eigenvalue weighted by atomic mass is 35.5. The van der Waals surface area contributed by atoms with E-state index in [9.17, 15) is 10.1 Å². The average Bonchev–Trinajstić information content (AvgIpc) is 2.77. The first-order valence-electron chi connectivity index (χ1n) is 9.47. The van der Waals surface area contributed by atoms with Crippen LogP contribution in [0.2, 0.25) is 5.02 Å². The van der Waals surface area contributed by atoms with Crippen LogP contribution in [-0.2, 0) is 11.2 Å². The van der Waals surface area contributed by atoms with E-state index in [1.54, 1.807) is 54.6 Å². The monoisotopic (exact) mass is 417 g/mol. The number of nitriles is 1. The van der Waals surface area contributed by atoms with Crippen LogP contribution in [0.3, 0.4) is 0 Å². The van der Waals surface area contributed by atoms with Gasteiger partial charge in [-0.2, -0.15) is 5.26 Å². The van der Waals surface area contributed by atoms with Crippen molar-refractivity contribution in [2.75, 3.05) is 6.61 Å². The SMILES string of the molecule is CCc1cccc(OCC(=O)Oc2cccc(/C=C(/C#N)c3ccc(Cl)cc3)c2)c1. The number of allylic oxidation sites excluding steroid dienone is 1. The lowest BCUT2D eigenvalue weighted by atomic mass is 10.0. The van der Waals surface area contributed by atoms with Crippen molar-refractivity contribution in [1.82, 2.24) is 0 Å². The van der Waals surface area contributed by atoms with Crippen LogP contribution >= 0.6 is 11.6 Å². The van der Waals surface area contributed by atoms with E-state index in [4.69, 9.17) is 21.1 Å². The molecule has 0 saturated carbocycles. The van der Waals surface area contributed by atoms with Gasteiger partial charge in [0.15, 0.2) is 6.61 Å². The van der Waals surface area contributed by atoms with Crippen LogP contribution in [0.15, 0.2) is 72.8 Å². The fraction of sp³-hybridized carbons (Fsp3) is 0.120. The van der Waals surface area contributed by atoms with Crippen LogP contribution in [0.25, 0.3) is 11.6 Å². The molecule has 4 nitrogen and oxygen atoms in total. The van der Waals surface area contributed by atoms with E-state index in [0.29, 0.717) is 22.1 Å². The second kappa shape index (κ2) is 10.3. The number of nitrogens with zero attached hydrogens (tertiary/aromatic N) is 1. The summed E-state index contributed by atoms with van der Waals surface area (Å²) >= 11 is 5.91. The molecule has 0 aromatic heterocycles. The minimum atomic E-state index is -0.503. The van der Waals surface area contributed by atoms with Gasteiger partial charge in [-0.05, 0) is 65.6 Å². The summed E-state index contributed by atoms with van der Waals surface area (Å²) in [6.07, 6.45) is 2.62. The van der Waals surface area contributed by atoms with E-state index in [-0.39, 0.29) is 6.61 Å². The van der Waals surface area contributed by atoms with Gasteiger partial charge in [0.25, 0.3) is 0 Å². The van der Waals surface area contributed by atoms with Gasteiger partial charge in [0.2, 0.25) is 0 Å². The molecule has 0 heterocycles. The van der Waals surface area contributed by atoms with E-state index in [2.05, 4.69) is 13.0 Å². The second-order valence-corrected chi connectivity index (χ2v) is 6.95. The number of rotatable bonds is 7. The van der Waals surface area contributed by atoms with Crippen molar-refractivity contribution >= 4 is 29.2 Å². The molecule has 0 fully saturated rings. The summed E-state index contributed by atoms with van der Waals surface area (Å²) in [5.41, 5.74) is 3.11. The molecule has 0 bridgehead atoms. The maximum Gasteiger partial charge on any atom is 0.349 e.